The van der Waals surface area contributed by atoms with E-state index in [1.54, 1.807) is 30.3 Å². The molecule has 0 fully saturated rings. The lowest BCUT2D eigenvalue weighted by Crippen LogP contribution is -2.17. The largest absolute Gasteiger partial charge is 0.493 e. The Morgan fingerprint density at radius 3 is 2.64 bits per heavy atom. The van der Waals surface area contributed by atoms with Crippen LogP contribution in [0.25, 0.3) is 0 Å². The summed E-state index contributed by atoms with van der Waals surface area (Å²) in [7, 11) is 1.51. The zero-order chi connectivity index (χ0) is 25.9. The second-order valence-corrected chi connectivity index (χ2v) is 8.64. The number of carbonyl (C=O) groups excluding carboxylic acids is 1. The van der Waals surface area contributed by atoms with Gasteiger partial charge in [0.25, 0.3) is 5.91 Å². The van der Waals surface area contributed by atoms with E-state index in [1.807, 2.05) is 37.3 Å². The fourth-order valence-electron chi connectivity index (χ4n) is 3.15. The fraction of sp³-hybridized carbons (Fsp3) is 0.185. The SMILES string of the molecule is C=CCOc1ccc(C(=O)N/N=C/c2cc(Br)c(OCc3cccc(Cl)c3)c(OCC)c2)cc1OC. The van der Waals surface area contributed by atoms with Crippen molar-refractivity contribution in [3.05, 3.63) is 93.4 Å². The molecule has 0 saturated heterocycles. The first-order valence-electron chi connectivity index (χ1n) is 11.0. The highest BCUT2D eigenvalue weighted by Gasteiger charge is 2.13. The van der Waals surface area contributed by atoms with Gasteiger partial charge in [0, 0.05) is 10.6 Å². The summed E-state index contributed by atoms with van der Waals surface area (Å²) in [5, 5.41) is 4.72. The van der Waals surface area contributed by atoms with E-state index >= 15 is 0 Å². The van der Waals surface area contributed by atoms with Gasteiger partial charge in [-0.3, -0.25) is 4.79 Å². The van der Waals surface area contributed by atoms with Crippen molar-refractivity contribution in [2.75, 3.05) is 20.3 Å². The van der Waals surface area contributed by atoms with Crippen LogP contribution in [0.2, 0.25) is 5.02 Å². The van der Waals surface area contributed by atoms with E-state index in [-0.39, 0.29) is 0 Å². The number of ether oxygens (including phenoxy) is 4. The van der Waals surface area contributed by atoms with E-state index < -0.39 is 5.91 Å². The number of hydrazone groups is 1. The molecule has 0 aliphatic rings. The van der Waals surface area contributed by atoms with Crippen LogP contribution in [-0.2, 0) is 6.61 Å². The first-order chi connectivity index (χ1) is 17.4. The van der Waals surface area contributed by atoms with E-state index in [0.717, 1.165) is 5.56 Å². The second kappa shape index (κ2) is 13.6. The highest BCUT2D eigenvalue weighted by Crippen LogP contribution is 2.37. The maximum atomic E-state index is 12.6. The highest BCUT2D eigenvalue weighted by molar-refractivity contribution is 9.10. The number of methoxy groups -OCH3 is 1. The number of carbonyl (C=O) groups is 1. The van der Waals surface area contributed by atoms with Gasteiger partial charge in [0.15, 0.2) is 23.0 Å². The van der Waals surface area contributed by atoms with Crippen LogP contribution >= 0.6 is 27.5 Å². The predicted octanol–water partition coefficient (Wildman–Crippen LogP) is 6.42. The summed E-state index contributed by atoms with van der Waals surface area (Å²) < 4.78 is 23.3. The standard InChI is InChI=1S/C27H26BrClN2O5/c1-4-11-35-23-10-9-20(15-24(23)33-3)27(32)31-30-16-19-13-22(28)26(25(14-19)34-5-2)36-17-18-7-6-8-21(29)12-18/h4,6-10,12-16H,1,5,11,17H2,2-3H3,(H,31,32)/b30-16+. The van der Waals surface area contributed by atoms with Crippen LogP contribution < -0.4 is 24.4 Å². The number of benzene rings is 3. The van der Waals surface area contributed by atoms with Gasteiger partial charge in [-0.25, -0.2) is 5.43 Å². The van der Waals surface area contributed by atoms with Crippen LogP contribution in [-0.4, -0.2) is 32.4 Å². The molecule has 1 amide bonds. The van der Waals surface area contributed by atoms with Crippen LogP contribution in [0.5, 0.6) is 23.0 Å². The Morgan fingerprint density at radius 1 is 1.08 bits per heavy atom. The van der Waals surface area contributed by atoms with Crippen LogP contribution in [0.15, 0.2) is 76.8 Å². The van der Waals surface area contributed by atoms with Gasteiger partial charge in [0.05, 0.1) is 24.4 Å². The van der Waals surface area contributed by atoms with E-state index in [9.17, 15) is 4.79 Å². The number of amides is 1. The smallest absolute Gasteiger partial charge is 0.271 e. The molecule has 0 aliphatic carbocycles. The normalized spacial score (nSPS) is 10.7. The summed E-state index contributed by atoms with van der Waals surface area (Å²) in [6, 6.07) is 15.9. The highest BCUT2D eigenvalue weighted by atomic mass is 79.9. The molecule has 0 aromatic heterocycles. The zero-order valence-electron chi connectivity index (χ0n) is 19.9. The quantitative estimate of drug-likeness (QED) is 0.154. The molecule has 0 radical (unpaired) electrons. The van der Waals surface area contributed by atoms with Gasteiger partial charge in [-0.2, -0.15) is 5.10 Å². The maximum absolute atomic E-state index is 12.6. The minimum absolute atomic E-state index is 0.323. The molecule has 1 N–H and O–H groups in total. The van der Waals surface area contributed by atoms with E-state index in [4.69, 9.17) is 30.5 Å². The summed E-state index contributed by atoms with van der Waals surface area (Å²) >= 11 is 9.60. The minimum atomic E-state index is -0.398. The molecule has 188 valence electrons. The van der Waals surface area contributed by atoms with Gasteiger partial charge in [-0.05, 0) is 76.4 Å². The molecule has 0 saturated carbocycles. The van der Waals surface area contributed by atoms with Gasteiger partial charge in [0.1, 0.15) is 13.2 Å². The Morgan fingerprint density at radius 2 is 1.92 bits per heavy atom. The average Bonchev–Trinajstić information content (AvgIpc) is 2.87. The summed E-state index contributed by atoms with van der Waals surface area (Å²) in [6.07, 6.45) is 3.15. The third-order valence-electron chi connectivity index (χ3n) is 4.77. The van der Waals surface area contributed by atoms with Gasteiger partial charge < -0.3 is 18.9 Å². The Hall–Kier alpha value is -3.49. The maximum Gasteiger partial charge on any atom is 0.271 e. The second-order valence-electron chi connectivity index (χ2n) is 7.35. The fourth-order valence-corrected chi connectivity index (χ4v) is 3.94. The monoisotopic (exact) mass is 572 g/mol. The lowest BCUT2D eigenvalue weighted by Gasteiger charge is -2.15. The van der Waals surface area contributed by atoms with Crippen molar-refractivity contribution in [3.63, 3.8) is 0 Å². The third kappa shape index (κ3) is 7.50. The summed E-state index contributed by atoms with van der Waals surface area (Å²) in [5.74, 6) is 1.66. The van der Waals surface area contributed by atoms with Crippen molar-refractivity contribution in [2.24, 2.45) is 5.10 Å². The first kappa shape index (κ1) is 27.1. The summed E-state index contributed by atoms with van der Waals surface area (Å²) in [4.78, 5) is 12.6. The molecule has 0 spiro atoms. The first-order valence-corrected chi connectivity index (χ1v) is 12.2. The predicted molar refractivity (Wildman–Crippen MR) is 145 cm³/mol. The molecular weight excluding hydrogens is 548 g/mol. The number of halogens is 2. The van der Waals surface area contributed by atoms with Gasteiger partial charge >= 0.3 is 0 Å². The van der Waals surface area contributed by atoms with Gasteiger partial charge in [-0.15, -0.1) is 0 Å². The summed E-state index contributed by atoms with van der Waals surface area (Å²) in [5.41, 5.74) is 4.52. The van der Waals surface area contributed by atoms with E-state index in [2.05, 4.69) is 33.0 Å². The molecule has 0 bridgehead atoms. The molecule has 3 aromatic carbocycles. The zero-order valence-corrected chi connectivity index (χ0v) is 22.3. The van der Waals surface area contributed by atoms with Crippen LogP contribution in [0.3, 0.4) is 0 Å². The number of rotatable bonds is 12. The van der Waals surface area contributed by atoms with Gasteiger partial charge in [0.2, 0.25) is 0 Å². The van der Waals surface area contributed by atoms with E-state index in [0.29, 0.717) is 63.4 Å². The van der Waals surface area contributed by atoms with Crippen molar-refractivity contribution >= 4 is 39.7 Å². The lowest BCUT2D eigenvalue weighted by atomic mass is 10.2. The molecule has 0 atom stereocenters. The molecule has 3 aromatic rings. The molecule has 36 heavy (non-hydrogen) atoms. The topological polar surface area (TPSA) is 78.4 Å². The molecule has 0 heterocycles. The Kier molecular flexibility index (Phi) is 10.2. The van der Waals surface area contributed by atoms with E-state index in [1.165, 1.54) is 13.3 Å². The molecule has 3 rings (SSSR count). The number of nitrogens with one attached hydrogen (secondary N) is 1. The van der Waals surface area contributed by atoms with Crippen molar-refractivity contribution in [1.82, 2.24) is 5.43 Å². The molecular formula is C27H26BrClN2O5. The minimum Gasteiger partial charge on any atom is -0.493 e. The van der Waals surface area contributed by atoms with Gasteiger partial charge in [-0.1, -0.05) is 36.4 Å². The van der Waals surface area contributed by atoms with Crippen molar-refractivity contribution < 1.29 is 23.7 Å². The lowest BCUT2D eigenvalue weighted by molar-refractivity contribution is 0.0954. The molecule has 0 unspecified atom stereocenters. The van der Waals surface area contributed by atoms with Crippen LogP contribution in [0, 0.1) is 0 Å². The Balaban J connectivity index is 1.70. The Labute approximate surface area is 223 Å². The molecule has 9 heteroatoms. The van der Waals surface area contributed by atoms with Crippen molar-refractivity contribution in [1.29, 1.82) is 0 Å². The number of nitrogens with zero attached hydrogens (tertiary/aromatic N) is 1. The van der Waals surface area contributed by atoms with Crippen molar-refractivity contribution in [2.45, 2.75) is 13.5 Å². The van der Waals surface area contributed by atoms with Crippen LogP contribution in [0.4, 0.5) is 0 Å². The Bertz CT molecular complexity index is 1250. The molecule has 0 aliphatic heterocycles. The van der Waals surface area contributed by atoms with Crippen LogP contribution in [0.1, 0.15) is 28.4 Å². The third-order valence-corrected chi connectivity index (χ3v) is 5.59. The summed E-state index contributed by atoms with van der Waals surface area (Å²) in [6.45, 7) is 6.61. The van der Waals surface area contributed by atoms with Crippen molar-refractivity contribution in [3.8, 4) is 23.0 Å². The number of hydrogen-bond donors (Lipinski definition) is 1. The number of hydrogen-bond acceptors (Lipinski definition) is 6. The average molecular weight is 574 g/mol. The molecule has 7 nitrogen and oxygen atoms in total.